The number of hydrogen-bond donors (Lipinski definition) is 3. The van der Waals surface area contributed by atoms with E-state index in [9.17, 15) is 4.79 Å². The number of aromatic nitrogens is 4. The molecule has 88 valence electrons. The van der Waals surface area contributed by atoms with Crippen molar-refractivity contribution >= 4 is 0 Å². The summed E-state index contributed by atoms with van der Waals surface area (Å²) in [5.74, 6) is 0.695. The molecule has 0 spiro atoms. The molecular weight excluding hydrogens is 218 g/mol. The van der Waals surface area contributed by atoms with Crippen molar-refractivity contribution in [1.82, 2.24) is 20.2 Å². The summed E-state index contributed by atoms with van der Waals surface area (Å²) in [5.41, 5.74) is 8.49. The number of hydrogen-bond acceptors (Lipinski definition) is 4. The van der Waals surface area contributed by atoms with E-state index in [-0.39, 0.29) is 11.6 Å². The molecule has 6 heteroatoms. The number of imidazole rings is 1. The molecule has 3 rings (SSSR count). The van der Waals surface area contributed by atoms with Gasteiger partial charge in [0, 0.05) is 24.2 Å². The first-order valence-corrected chi connectivity index (χ1v) is 5.62. The van der Waals surface area contributed by atoms with Crippen LogP contribution in [0.25, 0.3) is 11.5 Å². The van der Waals surface area contributed by atoms with Crippen LogP contribution in [0.2, 0.25) is 0 Å². The normalized spacial score (nSPS) is 19.0. The van der Waals surface area contributed by atoms with Gasteiger partial charge in [0.25, 0.3) is 5.56 Å². The summed E-state index contributed by atoms with van der Waals surface area (Å²) in [4.78, 5) is 18.6. The van der Waals surface area contributed by atoms with Crippen LogP contribution in [0.1, 0.15) is 17.8 Å². The number of aromatic amines is 2. The summed E-state index contributed by atoms with van der Waals surface area (Å²) in [6.07, 6.45) is 2.69. The number of nitrogens with one attached hydrogen (secondary N) is 2. The molecule has 2 aromatic rings. The standard InChI is InChI=1S/C11H13N5O/c12-6-1-2-7-9(5-6)14-11(13-7)8-3-4-10(17)16-15-8/h3-4,6H,1-2,5,12H2,(H,13,14)(H,16,17). The molecule has 1 atom stereocenters. The van der Waals surface area contributed by atoms with Gasteiger partial charge in [-0.3, -0.25) is 4.79 Å². The molecule has 0 saturated carbocycles. The van der Waals surface area contributed by atoms with Crippen LogP contribution in [-0.2, 0) is 12.8 Å². The molecule has 4 N–H and O–H groups in total. The van der Waals surface area contributed by atoms with Gasteiger partial charge in [0.05, 0.1) is 5.69 Å². The van der Waals surface area contributed by atoms with E-state index in [0.29, 0.717) is 11.5 Å². The zero-order chi connectivity index (χ0) is 11.8. The van der Waals surface area contributed by atoms with Gasteiger partial charge in [-0.1, -0.05) is 0 Å². The van der Waals surface area contributed by atoms with E-state index in [4.69, 9.17) is 5.73 Å². The van der Waals surface area contributed by atoms with E-state index in [1.807, 2.05) is 0 Å². The predicted octanol–water partition coefficient (Wildman–Crippen LogP) is -0.0240. The van der Waals surface area contributed by atoms with Crippen molar-refractivity contribution in [2.24, 2.45) is 5.73 Å². The summed E-state index contributed by atoms with van der Waals surface area (Å²) in [7, 11) is 0. The highest BCUT2D eigenvalue weighted by Crippen LogP contribution is 2.21. The quantitative estimate of drug-likeness (QED) is 0.641. The first kappa shape index (κ1) is 10.2. The zero-order valence-electron chi connectivity index (χ0n) is 9.23. The maximum atomic E-state index is 10.9. The van der Waals surface area contributed by atoms with Gasteiger partial charge < -0.3 is 10.7 Å². The van der Waals surface area contributed by atoms with E-state index in [1.165, 1.54) is 6.07 Å². The Balaban J connectivity index is 1.99. The molecule has 0 amide bonds. The molecule has 1 aliphatic rings. The second-order valence-corrected chi connectivity index (χ2v) is 4.32. The number of aryl methyl sites for hydroxylation is 1. The van der Waals surface area contributed by atoms with Crippen molar-refractivity contribution in [3.05, 3.63) is 33.9 Å². The van der Waals surface area contributed by atoms with E-state index in [0.717, 1.165) is 30.7 Å². The Labute approximate surface area is 97.3 Å². The highest BCUT2D eigenvalue weighted by molar-refractivity contribution is 5.49. The van der Waals surface area contributed by atoms with E-state index < -0.39 is 0 Å². The predicted molar refractivity (Wildman–Crippen MR) is 62.4 cm³/mol. The number of nitrogens with two attached hydrogens (primary N) is 1. The topological polar surface area (TPSA) is 100 Å². The largest absolute Gasteiger partial charge is 0.340 e. The molecule has 6 nitrogen and oxygen atoms in total. The Morgan fingerprint density at radius 3 is 3.06 bits per heavy atom. The average Bonchev–Trinajstić information content (AvgIpc) is 2.72. The summed E-state index contributed by atoms with van der Waals surface area (Å²) in [6.45, 7) is 0. The number of nitrogens with zero attached hydrogens (tertiary/aromatic N) is 2. The lowest BCUT2D eigenvalue weighted by molar-refractivity contribution is 0.565. The van der Waals surface area contributed by atoms with Gasteiger partial charge in [-0.25, -0.2) is 10.1 Å². The van der Waals surface area contributed by atoms with Crippen molar-refractivity contribution in [1.29, 1.82) is 0 Å². The van der Waals surface area contributed by atoms with Crippen LogP contribution >= 0.6 is 0 Å². The molecule has 0 aliphatic heterocycles. The van der Waals surface area contributed by atoms with Gasteiger partial charge >= 0.3 is 0 Å². The van der Waals surface area contributed by atoms with Crippen LogP contribution in [0.5, 0.6) is 0 Å². The van der Waals surface area contributed by atoms with Gasteiger partial charge in [-0.15, -0.1) is 0 Å². The lowest BCUT2D eigenvalue weighted by atomic mass is 9.97. The number of fused-ring (bicyclic) bond motifs is 1. The zero-order valence-corrected chi connectivity index (χ0v) is 9.23. The molecule has 0 fully saturated rings. The van der Waals surface area contributed by atoms with E-state index in [2.05, 4.69) is 20.2 Å². The smallest absolute Gasteiger partial charge is 0.264 e. The van der Waals surface area contributed by atoms with Crippen LogP contribution in [0.4, 0.5) is 0 Å². The first-order chi connectivity index (χ1) is 8.22. The molecule has 0 aromatic carbocycles. The molecule has 2 heterocycles. The van der Waals surface area contributed by atoms with Gasteiger partial charge in [0.1, 0.15) is 5.69 Å². The van der Waals surface area contributed by atoms with Gasteiger partial charge in [0.15, 0.2) is 5.82 Å². The lowest BCUT2D eigenvalue weighted by Gasteiger charge is -2.15. The summed E-state index contributed by atoms with van der Waals surface area (Å²) in [5, 5.41) is 6.35. The second-order valence-electron chi connectivity index (χ2n) is 4.32. The van der Waals surface area contributed by atoms with Crippen molar-refractivity contribution in [3.63, 3.8) is 0 Å². The Morgan fingerprint density at radius 1 is 1.41 bits per heavy atom. The fourth-order valence-electron chi connectivity index (χ4n) is 2.11. The van der Waals surface area contributed by atoms with Gasteiger partial charge in [0.2, 0.25) is 0 Å². The maximum absolute atomic E-state index is 10.9. The molecule has 0 radical (unpaired) electrons. The number of rotatable bonds is 1. The molecule has 1 aliphatic carbocycles. The fraction of sp³-hybridized carbons (Fsp3) is 0.364. The first-order valence-electron chi connectivity index (χ1n) is 5.62. The Morgan fingerprint density at radius 2 is 2.29 bits per heavy atom. The third kappa shape index (κ3) is 1.87. The highest BCUT2D eigenvalue weighted by atomic mass is 16.1. The monoisotopic (exact) mass is 231 g/mol. The minimum Gasteiger partial charge on any atom is -0.340 e. The van der Waals surface area contributed by atoms with Crippen LogP contribution in [0, 0.1) is 0 Å². The Kier molecular flexibility index (Phi) is 2.29. The highest BCUT2D eigenvalue weighted by Gasteiger charge is 2.20. The molecule has 0 bridgehead atoms. The summed E-state index contributed by atoms with van der Waals surface area (Å²) >= 11 is 0. The third-order valence-corrected chi connectivity index (χ3v) is 3.00. The molecule has 0 saturated heterocycles. The minimum absolute atomic E-state index is 0.208. The van der Waals surface area contributed by atoms with Crippen molar-refractivity contribution in [2.75, 3.05) is 0 Å². The third-order valence-electron chi connectivity index (χ3n) is 3.00. The van der Waals surface area contributed by atoms with Crippen LogP contribution < -0.4 is 11.3 Å². The van der Waals surface area contributed by atoms with Crippen molar-refractivity contribution < 1.29 is 0 Å². The van der Waals surface area contributed by atoms with Crippen LogP contribution in [-0.4, -0.2) is 26.2 Å². The van der Waals surface area contributed by atoms with Crippen molar-refractivity contribution in [3.8, 4) is 11.5 Å². The van der Waals surface area contributed by atoms with E-state index in [1.54, 1.807) is 6.07 Å². The van der Waals surface area contributed by atoms with Crippen LogP contribution in [0.15, 0.2) is 16.9 Å². The molecule has 17 heavy (non-hydrogen) atoms. The SMILES string of the molecule is NC1CCc2nc(-c3ccc(=O)[nH]n3)[nH]c2C1. The number of H-pyrrole nitrogens is 2. The van der Waals surface area contributed by atoms with Gasteiger partial charge in [-0.2, -0.15) is 5.10 Å². The molecular formula is C11H13N5O. The van der Waals surface area contributed by atoms with E-state index >= 15 is 0 Å². The fourth-order valence-corrected chi connectivity index (χ4v) is 2.11. The van der Waals surface area contributed by atoms with Crippen LogP contribution in [0.3, 0.4) is 0 Å². The maximum Gasteiger partial charge on any atom is 0.264 e. The Bertz CT molecular complexity index is 580. The molecule has 2 aromatic heterocycles. The second kappa shape index (κ2) is 3.81. The summed E-state index contributed by atoms with van der Waals surface area (Å²) < 4.78 is 0. The average molecular weight is 231 g/mol. The van der Waals surface area contributed by atoms with Crippen molar-refractivity contribution in [2.45, 2.75) is 25.3 Å². The lowest BCUT2D eigenvalue weighted by Crippen LogP contribution is -2.27. The van der Waals surface area contributed by atoms with Gasteiger partial charge in [-0.05, 0) is 18.9 Å². The molecule has 1 unspecified atom stereocenters. The summed E-state index contributed by atoms with van der Waals surface area (Å²) in [6, 6.07) is 3.30. The Hall–Kier alpha value is -1.95. The minimum atomic E-state index is -0.216.